The Balaban J connectivity index is 1.53. The molecular formula is C24H25N5O5. The minimum atomic E-state index is -1.72. The molecule has 2 aromatic heterocycles. The molecule has 176 valence electrons. The molecule has 10 heteroatoms. The van der Waals surface area contributed by atoms with Crippen LogP contribution in [0.15, 0.2) is 47.1 Å². The number of nitrogens with one attached hydrogen (secondary N) is 1. The van der Waals surface area contributed by atoms with Crippen LogP contribution >= 0.6 is 0 Å². The molecule has 0 bridgehead atoms. The number of nitrogens with two attached hydrogens (primary N) is 1. The number of pyridine rings is 1. The van der Waals surface area contributed by atoms with Gasteiger partial charge >= 0.3 is 0 Å². The maximum atomic E-state index is 12.4. The van der Waals surface area contributed by atoms with Crippen LogP contribution in [0.5, 0.6) is 0 Å². The Morgan fingerprint density at radius 2 is 2.12 bits per heavy atom. The molecule has 0 unspecified atom stereocenters. The molecule has 0 aliphatic carbocycles. The lowest BCUT2D eigenvalue weighted by molar-refractivity contribution is -0.144. The van der Waals surface area contributed by atoms with Crippen LogP contribution in [-0.4, -0.2) is 64.8 Å². The fraction of sp³-hybridized carbons (Fsp3) is 0.333. The minimum absolute atomic E-state index is 0.102. The molecule has 3 aromatic rings. The van der Waals surface area contributed by atoms with Gasteiger partial charge in [-0.1, -0.05) is 23.4 Å². The van der Waals surface area contributed by atoms with Crippen LogP contribution in [0.3, 0.4) is 0 Å². The van der Waals surface area contributed by atoms with Crippen molar-refractivity contribution < 1.29 is 24.0 Å². The molecular weight excluding hydrogens is 438 g/mol. The SMILES string of the molecule is CN1CC[C@@](O)(c2cc(-c3cccc(-c4c(N[C@H]5CCOC5)ccnc4C(N)=O)c3)no2)C1=O. The number of hydrogen-bond donors (Lipinski definition) is 3. The van der Waals surface area contributed by atoms with Crippen molar-refractivity contribution in [2.75, 3.05) is 32.1 Å². The van der Waals surface area contributed by atoms with Gasteiger partial charge in [0.1, 0.15) is 11.4 Å². The number of rotatable bonds is 6. The molecule has 2 atom stereocenters. The third kappa shape index (κ3) is 3.80. The normalized spacial score (nSPS) is 22.4. The number of ether oxygens (including phenoxy) is 1. The molecule has 0 spiro atoms. The van der Waals surface area contributed by atoms with Crippen LogP contribution in [0.1, 0.15) is 29.1 Å². The molecule has 2 aliphatic rings. The summed E-state index contributed by atoms with van der Waals surface area (Å²) < 4.78 is 10.8. The average molecular weight is 463 g/mol. The van der Waals surface area contributed by atoms with Gasteiger partial charge in [0, 0.05) is 55.7 Å². The van der Waals surface area contributed by atoms with Gasteiger partial charge < -0.3 is 30.3 Å². The molecule has 34 heavy (non-hydrogen) atoms. The fourth-order valence-corrected chi connectivity index (χ4v) is 4.45. The first-order chi connectivity index (χ1) is 16.4. The molecule has 2 amide bonds. The molecule has 5 rings (SSSR count). The second-order valence-electron chi connectivity index (χ2n) is 8.65. The van der Waals surface area contributed by atoms with E-state index in [9.17, 15) is 14.7 Å². The lowest BCUT2D eigenvalue weighted by Crippen LogP contribution is -2.35. The molecule has 0 radical (unpaired) electrons. The van der Waals surface area contributed by atoms with E-state index in [-0.39, 0.29) is 23.9 Å². The highest BCUT2D eigenvalue weighted by atomic mass is 16.5. The number of nitrogens with zero attached hydrogens (tertiary/aromatic N) is 3. The summed E-state index contributed by atoms with van der Waals surface area (Å²) in [7, 11) is 1.63. The Kier molecular flexibility index (Phi) is 5.54. The summed E-state index contributed by atoms with van der Waals surface area (Å²) in [4.78, 5) is 30.3. The number of hydrogen-bond acceptors (Lipinski definition) is 8. The van der Waals surface area contributed by atoms with Gasteiger partial charge in [0.15, 0.2) is 5.76 Å². The van der Waals surface area contributed by atoms with E-state index in [0.717, 1.165) is 12.1 Å². The number of benzene rings is 1. The number of aliphatic hydroxyl groups is 1. The summed E-state index contributed by atoms with van der Waals surface area (Å²) in [5.41, 5.74) is 7.23. The maximum absolute atomic E-state index is 12.4. The fourth-order valence-electron chi connectivity index (χ4n) is 4.45. The van der Waals surface area contributed by atoms with Gasteiger partial charge in [0.25, 0.3) is 11.8 Å². The number of primary amides is 1. The quantitative estimate of drug-likeness (QED) is 0.502. The number of amides is 2. The summed E-state index contributed by atoms with van der Waals surface area (Å²) in [6, 6.07) is 10.8. The number of likely N-dealkylation sites (N-methyl/N-ethyl adjacent to an activating group) is 1. The highest BCUT2D eigenvalue weighted by molar-refractivity contribution is 6.01. The molecule has 4 N–H and O–H groups in total. The zero-order valence-corrected chi connectivity index (χ0v) is 18.7. The highest BCUT2D eigenvalue weighted by Gasteiger charge is 2.48. The lowest BCUT2D eigenvalue weighted by Gasteiger charge is -2.18. The molecule has 2 aliphatic heterocycles. The van der Waals surface area contributed by atoms with E-state index in [4.69, 9.17) is 15.0 Å². The number of carbonyl (C=O) groups is 2. The summed E-state index contributed by atoms with van der Waals surface area (Å²) in [6.45, 7) is 1.68. The van der Waals surface area contributed by atoms with E-state index >= 15 is 0 Å². The van der Waals surface area contributed by atoms with Crippen molar-refractivity contribution in [3.05, 3.63) is 54.0 Å². The second-order valence-corrected chi connectivity index (χ2v) is 8.65. The monoisotopic (exact) mass is 463 g/mol. The third-order valence-corrected chi connectivity index (χ3v) is 6.35. The molecule has 0 saturated carbocycles. The Hall–Kier alpha value is -3.76. The zero-order chi connectivity index (χ0) is 23.9. The first-order valence-corrected chi connectivity index (χ1v) is 11.1. The van der Waals surface area contributed by atoms with Crippen LogP contribution in [-0.2, 0) is 15.1 Å². The van der Waals surface area contributed by atoms with Crippen molar-refractivity contribution >= 4 is 17.5 Å². The van der Waals surface area contributed by atoms with Crippen molar-refractivity contribution in [3.8, 4) is 22.4 Å². The molecule has 2 saturated heterocycles. The van der Waals surface area contributed by atoms with Crippen molar-refractivity contribution in [2.24, 2.45) is 5.73 Å². The molecule has 4 heterocycles. The number of likely N-dealkylation sites (tertiary alicyclic amines) is 1. The van der Waals surface area contributed by atoms with Crippen LogP contribution in [0.25, 0.3) is 22.4 Å². The van der Waals surface area contributed by atoms with E-state index in [0.29, 0.717) is 42.1 Å². The van der Waals surface area contributed by atoms with Crippen molar-refractivity contribution in [1.29, 1.82) is 0 Å². The molecule has 2 fully saturated rings. The minimum Gasteiger partial charge on any atom is -0.379 e. The van der Waals surface area contributed by atoms with Crippen LogP contribution < -0.4 is 11.1 Å². The van der Waals surface area contributed by atoms with Crippen LogP contribution in [0.4, 0.5) is 5.69 Å². The Morgan fingerprint density at radius 1 is 1.29 bits per heavy atom. The number of carbonyl (C=O) groups excluding carboxylic acids is 2. The van der Waals surface area contributed by atoms with Gasteiger partial charge in [-0.15, -0.1) is 0 Å². The molecule has 1 aromatic carbocycles. The standard InChI is InChI=1S/C24H25N5O5/c1-29-9-7-24(32,23(29)31)19-12-18(28-34-19)14-3-2-4-15(11-14)20-17(27-16-6-10-33-13-16)5-8-26-21(20)22(25)30/h2-5,8,11-12,16,32H,6-7,9-10,13H2,1H3,(H2,25,30)(H,26,27)/t16-,24+/m0/s1. The van der Waals surface area contributed by atoms with Gasteiger partial charge in [-0.3, -0.25) is 14.6 Å². The summed E-state index contributed by atoms with van der Waals surface area (Å²) in [6.07, 6.45) is 2.63. The van der Waals surface area contributed by atoms with E-state index in [1.54, 1.807) is 25.4 Å². The van der Waals surface area contributed by atoms with E-state index in [1.165, 1.54) is 4.90 Å². The Labute approximate surface area is 195 Å². The Bertz CT molecular complexity index is 1250. The smallest absolute Gasteiger partial charge is 0.268 e. The van der Waals surface area contributed by atoms with Gasteiger partial charge in [-0.25, -0.2) is 0 Å². The van der Waals surface area contributed by atoms with Crippen molar-refractivity contribution in [3.63, 3.8) is 0 Å². The van der Waals surface area contributed by atoms with Crippen molar-refractivity contribution in [2.45, 2.75) is 24.5 Å². The first-order valence-electron chi connectivity index (χ1n) is 11.1. The van der Waals surface area contributed by atoms with Gasteiger partial charge in [0.2, 0.25) is 5.60 Å². The van der Waals surface area contributed by atoms with Crippen LogP contribution in [0, 0.1) is 0 Å². The zero-order valence-electron chi connectivity index (χ0n) is 18.7. The molecule has 10 nitrogen and oxygen atoms in total. The maximum Gasteiger partial charge on any atom is 0.268 e. The second kappa shape index (κ2) is 8.54. The Morgan fingerprint density at radius 3 is 2.82 bits per heavy atom. The third-order valence-electron chi connectivity index (χ3n) is 6.35. The first kappa shape index (κ1) is 22.1. The van der Waals surface area contributed by atoms with E-state index < -0.39 is 17.4 Å². The number of aromatic nitrogens is 2. The summed E-state index contributed by atoms with van der Waals surface area (Å²) in [5.74, 6) is -0.955. The van der Waals surface area contributed by atoms with Crippen molar-refractivity contribution in [1.82, 2.24) is 15.0 Å². The largest absolute Gasteiger partial charge is 0.379 e. The lowest BCUT2D eigenvalue weighted by atomic mass is 9.96. The predicted molar refractivity (Wildman–Crippen MR) is 123 cm³/mol. The summed E-state index contributed by atoms with van der Waals surface area (Å²) >= 11 is 0. The van der Waals surface area contributed by atoms with Gasteiger partial charge in [-0.05, 0) is 24.1 Å². The van der Waals surface area contributed by atoms with E-state index in [1.807, 2.05) is 24.3 Å². The van der Waals surface area contributed by atoms with Gasteiger partial charge in [-0.2, -0.15) is 0 Å². The average Bonchev–Trinajstić information content (AvgIpc) is 3.59. The highest BCUT2D eigenvalue weighted by Crippen LogP contribution is 2.37. The predicted octanol–water partition coefficient (Wildman–Crippen LogP) is 1.75. The topological polar surface area (TPSA) is 144 Å². The van der Waals surface area contributed by atoms with E-state index in [2.05, 4.69) is 15.5 Å². The van der Waals surface area contributed by atoms with Gasteiger partial charge in [0.05, 0.1) is 12.6 Å². The summed E-state index contributed by atoms with van der Waals surface area (Å²) in [5, 5.41) is 18.4. The van der Waals surface area contributed by atoms with Crippen LogP contribution in [0.2, 0.25) is 0 Å². The number of anilines is 1.